The molecule has 1 saturated carbocycles. The number of likely N-dealkylation sites (N-methyl/N-ethyl adjacent to an activating group) is 1. The van der Waals surface area contributed by atoms with Gasteiger partial charge in [-0.3, -0.25) is 0 Å². The number of anilines is 1. The third-order valence-corrected chi connectivity index (χ3v) is 5.40. The first kappa shape index (κ1) is 17.7. The lowest BCUT2D eigenvalue weighted by molar-refractivity contribution is 0.240. The Morgan fingerprint density at radius 3 is 2.92 bits per heavy atom. The van der Waals surface area contributed by atoms with Gasteiger partial charge in [-0.25, -0.2) is 9.78 Å². The number of nitrogens with zero attached hydrogens (tertiary/aromatic N) is 2. The normalized spacial score (nSPS) is 13.5. The van der Waals surface area contributed by atoms with Crippen LogP contribution >= 0.6 is 11.3 Å². The Kier molecular flexibility index (Phi) is 5.91. The maximum atomic E-state index is 12.0. The minimum atomic E-state index is -0.138. The Hall–Kier alpha value is -2.08. The fraction of sp³-hybridized carbons (Fsp3) is 0.474. The number of aromatic nitrogens is 1. The second-order valence-electron chi connectivity index (χ2n) is 6.48. The molecule has 1 heterocycles. The molecule has 2 N–H and O–H groups in total. The van der Waals surface area contributed by atoms with Gasteiger partial charge in [0.1, 0.15) is 0 Å². The van der Waals surface area contributed by atoms with Gasteiger partial charge in [0, 0.05) is 36.6 Å². The van der Waals surface area contributed by atoms with Crippen LogP contribution in [0.25, 0.3) is 0 Å². The molecule has 3 rings (SSSR count). The zero-order valence-electron chi connectivity index (χ0n) is 14.9. The van der Waals surface area contributed by atoms with E-state index in [9.17, 15) is 4.79 Å². The summed E-state index contributed by atoms with van der Waals surface area (Å²) in [6.07, 6.45) is 2.52. The molecule has 5 nitrogen and oxygen atoms in total. The molecule has 1 aromatic carbocycles. The number of aryl methyl sites for hydroxylation is 1. The number of benzene rings is 1. The molecule has 134 valence electrons. The Balaban J connectivity index is 1.39. The number of carbonyl (C=O) groups is 1. The summed E-state index contributed by atoms with van der Waals surface area (Å²) in [6, 6.07) is 8.30. The lowest BCUT2D eigenvalue weighted by Crippen LogP contribution is -2.40. The highest BCUT2D eigenvalue weighted by atomic mass is 32.1. The molecule has 1 aliphatic carbocycles. The van der Waals surface area contributed by atoms with Gasteiger partial charge in [0.2, 0.25) is 0 Å². The molecule has 0 unspecified atom stereocenters. The quantitative estimate of drug-likeness (QED) is 0.757. The van der Waals surface area contributed by atoms with Crippen LogP contribution in [0.2, 0.25) is 0 Å². The third-order valence-electron chi connectivity index (χ3n) is 4.34. The van der Waals surface area contributed by atoms with E-state index in [0.717, 1.165) is 18.8 Å². The molecule has 1 aliphatic rings. The van der Waals surface area contributed by atoms with Crippen LogP contribution < -0.4 is 15.5 Å². The first-order valence-corrected chi connectivity index (χ1v) is 9.81. The van der Waals surface area contributed by atoms with Crippen LogP contribution in [0.15, 0.2) is 29.6 Å². The van der Waals surface area contributed by atoms with Gasteiger partial charge in [-0.15, -0.1) is 11.3 Å². The highest BCUT2D eigenvalue weighted by Gasteiger charge is 2.26. The Bertz CT molecular complexity index is 711. The maximum absolute atomic E-state index is 12.0. The summed E-state index contributed by atoms with van der Waals surface area (Å²) < 4.78 is 0. The molecular weight excluding hydrogens is 332 g/mol. The Labute approximate surface area is 153 Å². The van der Waals surface area contributed by atoms with E-state index in [1.165, 1.54) is 29.1 Å². The molecule has 0 aliphatic heterocycles. The van der Waals surface area contributed by atoms with Crippen molar-refractivity contribution in [1.29, 1.82) is 0 Å². The van der Waals surface area contributed by atoms with E-state index < -0.39 is 0 Å². The second-order valence-corrected chi connectivity index (χ2v) is 7.37. The molecule has 0 bridgehead atoms. The van der Waals surface area contributed by atoms with Crippen molar-refractivity contribution in [3.63, 3.8) is 0 Å². The summed E-state index contributed by atoms with van der Waals surface area (Å²) in [5.41, 5.74) is 3.40. The second kappa shape index (κ2) is 8.34. The number of thiazole rings is 1. The predicted octanol–water partition coefficient (Wildman–Crippen LogP) is 3.65. The van der Waals surface area contributed by atoms with Crippen molar-refractivity contribution in [2.45, 2.75) is 39.2 Å². The van der Waals surface area contributed by atoms with E-state index in [1.54, 1.807) is 11.3 Å². The molecule has 1 aromatic heterocycles. The molecule has 6 heteroatoms. The van der Waals surface area contributed by atoms with Crippen LogP contribution in [-0.4, -0.2) is 30.6 Å². The Morgan fingerprint density at radius 1 is 1.36 bits per heavy atom. The fourth-order valence-electron chi connectivity index (χ4n) is 2.75. The number of amides is 2. The molecule has 0 atom stereocenters. The Morgan fingerprint density at radius 2 is 2.20 bits per heavy atom. The third kappa shape index (κ3) is 5.19. The van der Waals surface area contributed by atoms with E-state index in [1.807, 2.05) is 5.38 Å². The van der Waals surface area contributed by atoms with Crippen LogP contribution in [0.5, 0.6) is 0 Å². The van der Waals surface area contributed by atoms with Crippen LogP contribution in [0.3, 0.4) is 0 Å². The molecule has 2 aromatic rings. The minimum absolute atomic E-state index is 0.138. The van der Waals surface area contributed by atoms with Crippen molar-refractivity contribution in [3.8, 4) is 0 Å². The zero-order chi connectivity index (χ0) is 17.6. The fourth-order valence-corrected chi connectivity index (χ4v) is 3.74. The van der Waals surface area contributed by atoms with E-state index in [4.69, 9.17) is 0 Å². The molecular formula is C19H26N4OS. The van der Waals surface area contributed by atoms with Crippen molar-refractivity contribution in [3.05, 3.63) is 45.9 Å². The predicted molar refractivity (Wildman–Crippen MR) is 103 cm³/mol. The average molecular weight is 359 g/mol. The van der Waals surface area contributed by atoms with Crippen LogP contribution in [-0.2, 0) is 6.54 Å². The smallest absolute Gasteiger partial charge is 0.315 e. The number of nitrogens with one attached hydrogen (secondary N) is 2. The summed E-state index contributed by atoms with van der Waals surface area (Å²) >= 11 is 1.71. The van der Waals surface area contributed by atoms with Gasteiger partial charge in [-0.05, 0) is 44.4 Å². The van der Waals surface area contributed by atoms with Crippen molar-refractivity contribution < 1.29 is 4.79 Å². The summed E-state index contributed by atoms with van der Waals surface area (Å²) in [5.74, 6) is 0.675. The van der Waals surface area contributed by atoms with Crippen molar-refractivity contribution in [2.24, 2.45) is 0 Å². The molecule has 0 radical (unpaired) electrons. The van der Waals surface area contributed by atoms with E-state index in [2.05, 4.69) is 58.6 Å². The summed E-state index contributed by atoms with van der Waals surface area (Å²) in [4.78, 5) is 18.8. The standard InChI is InChI=1S/C19H26N4OS/c1-3-23(17-6-4-5-14(2)11-17)10-9-20-19(24)21-12-16-13-25-18(22-16)15-7-8-15/h4-6,11,13,15H,3,7-10,12H2,1-2H3,(H2,20,21,24). The van der Waals surface area contributed by atoms with E-state index in [0.29, 0.717) is 19.0 Å². The van der Waals surface area contributed by atoms with Gasteiger partial charge < -0.3 is 15.5 Å². The zero-order valence-corrected chi connectivity index (χ0v) is 15.7. The summed E-state index contributed by atoms with van der Waals surface area (Å²) in [7, 11) is 0. The molecule has 2 amide bonds. The van der Waals surface area contributed by atoms with Gasteiger partial charge in [0.25, 0.3) is 0 Å². The minimum Gasteiger partial charge on any atom is -0.370 e. The molecule has 0 saturated heterocycles. The topological polar surface area (TPSA) is 57.3 Å². The molecule has 0 spiro atoms. The number of urea groups is 1. The van der Waals surface area contributed by atoms with Crippen LogP contribution in [0.4, 0.5) is 10.5 Å². The lowest BCUT2D eigenvalue weighted by atomic mass is 10.2. The van der Waals surface area contributed by atoms with Gasteiger partial charge >= 0.3 is 6.03 Å². The van der Waals surface area contributed by atoms with Crippen molar-refractivity contribution in [1.82, 2.24) is 15.6 Å². The van der Waals surface area contributed by atoms with Crippen molar-refractivity contribution >= 4 is 23.1 Å². The monoisotopic (exact) mass is 358 g/mol. The highest BCUT2D eigenvalue weighted by Crippen LogP contribution is 2.41. The van der Waals surface area contributed by atoms with Gasteiger partial charge in [0.05, 0.1) is 17.2 Å². The average Bonchev–Trinajstić information content (AvgIpc) is 3.35. The molecule has 25 heavy (non-hydrogen) atoms. The number of carbonyl (C=O) groups excluding carboxylic acids is 1. The summed E-state index contributed by atoms with van der Waals surface area (Å²) in [6.45, 7) is 7.02. The molecule has 1 fully saturated rings. The highest BCUT2D eigenvalue weighted by molar-refractivity contribution is 7.09. The van der Waals surface area contributed by atoms with Crippen molar-refractivity contribution in [2.75, 3.05) is 24.5 Å². The van der Waals surface area contributed by atoms with Gasteiger partial charge in [-0.2, -0.15) is 0 Å². The lowest BCUT2D eigenvalue weighted by Gasteiger charge is -2.23. The number of hydrogen-bond acceptors (Lipinski definition) is 4. The number of rotatable bonds is 8. The number of hydrogen-bond donors (Lipinski definition) is 2. The SMILES string of the molecule is CCN(CCNC(=O)NCc1csc(C2CC2)n1)c1cccc(C)c1. The maximum Gasteiger partial charge on any atom is 0.315 e. The van der Waals surface area contributed by atoms with E-state index in [-0.39, 0.29) is 6.03 Å². The van der Waals surface area contributed by atoms with Gasteiger partial charge in [0.15, 0.2) is 0 Å². The van der Waals surface area contributed by atoms with Gasteiger partial charge in [-0.1, -0.05) is 12.1 Å². The van der Waals surface area contributed by atoms with E-state index >= 15 is 0 Å². The summed E-state index contributed by atoms with van der Waals surface area (Å²) in [5, 5.41) is 9.08. The van der Waals surface area contributed by atoms with Crippen LogP contribution in [0, 0.1) is 6.92 Å². The first-order chi connectivity index (χ1) is 12.2. The largest absolute Gasteiger partial charge is 0.370 e. The van der Waals surface area contributed by atoms with Crippen LogP contribution in [0.1, 0.15) is 41.9 Å². The first-order valence-electron chi connectivity index (χ1n) is 8.93.